The second-order valence-corrected chi connectivity index (χ2v) is 7.55. The van der Waals surface area contributed by atoms with Crippen molar-refractivity contribution in [2.45, 2.75) is 39.2 Å². The molecular weight excluding hydrogens is 362 g/mol. The molecule has 0 aromatic carbocycles. The first-order chi connectivity index (χ1) is 13.1. The van der Waals surface area contributed by atoms with Crippen molar-refractivity contribution in [1.29, 1.82) is 0 Å². The van der Waals surface area contributed by atoms with E-state index in [4.69, 9.17) is 4.98 Å². The van der Waals surface area contributed by atoms with Crippen molar-refractivity contribution in [2.75, 3.05) is 16.8 Å². The number of aromatic nitrogens is 5. The number of carbonyl (C=O) groups is 1. The molecule has 0 saturated heterocycles. The molecule has 0 spiro atoms. The maximum absolute atomic E-state index is 12.7. The van der Waals surface area contributed by atoms with Gasteiger partial charge >= 0.3 is 0 Å². The number of carbonyl (C=O) groups excluding carboxylic acids is 1. The van der Waals surface area contributed by atoms with E-state index in [1.165, 1.54) is 11.3 Å². The van der Waals surface area contributed by atoms with Gasteiger partial charge in [-0.1, -0.05) is 13.8 Å². The molecule has 1 aliphatic heterocycles. The van der Waals surface area contributed by atoms with Crippen molar-refractivity contribution >= 4 is 28.7 Å². The fourth-order valence-electron chi connectivity index (χ4n) is 3.30. The van der Waals surface area contributed by atoms with Crippen molar-refractivity contribution < 1.29 is 4.79 Å². The predicted molar refractivity (Wildman–Crippen MR) is 106 cm³/mol. The number of rotatable bonds is 5. The largest absolute Gasteiger partial charge is 0.340 e. The van der Waals surface area contributed by atoms with E-state index in [-0.39, 0.29) is 5.91 Å². The highest BCUT2D eigenvalue weighted by Crippen LogP contribution is 2.38. The SMILES string of the molecule is CCCN1c2nc(-c3cn[nH]c3-c3nccs3)ncc2NC(=O)[C@@]1(C)CC. The Balaban J connectivity index is 1.83. The lowest BCUT2D eigenvalue weighted by Crippen LogP contribution is -2.58. The Morgan fingerprint density at radius 1 is 1.26 bits per heavy atom. The van der Waals surface area contributed by atoms with Gasteiger partial charge in [0.25, 0.3) is 0 Å². The third-order valence-electron chi connectivity index (χ3n) is 5.02. The van der Waals surface area contributed by atoms with Gasteiger partial charge in [0.1, 0.15) is 21.9 Å². The van der Waals surface area contributed by atoms with Crippen molar-refractivity contribution in [2.24, 2.45) is 0 Å². The van der Waals surface area contributed by atoms with E-state index in [1.54, 1.807) is 18.6 Å². The zero-order chi connectivity index (χ0) is 19.0. The highest BCUT2D eigenvalue weighted by atomic mass is 32.1. The van der Waals surface area contributed by atoms with Crippen LogP contribution in [-0.4, -0.2) is 43.1 Å². The maximum Gasteiger partial charge on any atom is 0.250 e. The van der Waals surface area contributed by atoms with Gasteiger partial charge in [-0.25, -0.2) is 15.0 Å². The molecule has 0 radical (unpaired) electrons. The highest BCUT2D eigenvalue weighted by molar-refractivity contribution is 7.13. The lowest BCUT2D eigenvalue weighted by molar-refractivity contribution is -0.121. The van der Waals surface area contributed by atoms with E-state index in [2.05, 4.69) is 37.3 Å². The predicted octanol–water partition coefficient (Wildman–Crippen LogP) is 3.33. The van der Waals surface area contributed by atoms with Crippen LogP contribution >= 0.6 is 11.3 Å². The summed E-state index contributed by atoms with van der Waals surface area (Å²) in [5.74, 6) is 1.29. The van der Waals surface area contributed by atoms with Crippen LogP contribution in [0.3, 0.4) is 0 Å². The normalized spacial score (nSPS) is 19.1. The monoisotopic (exact) mass is 383 g/mol. The number of H-pyrrole nitrogens is 1. The van der Waals surface area contributed by atoms with Gasteiger partial charge in [-0.05, 0) is 19.8 Å². The third kappa shape index (κ3) is 2.78. The van der Waals surface area contributed by atoms with Gasteiger partial charge < -0.3 is 10.2 Å². The summed E-state index contributed by atoms with van der Waals surface area (Å²) in [6.07, 6.45) is 6.74. The Bertz CT molecular complexity index is 968. The Morgan fingerprint density at radius 3 is 2.81 bits per heavy atom. The topological polar surface area (TPSA) is 99.7 Å². The van der Waals surface area contributed by atoms with Crippen LogP contribution < -0.4 is 10.2 Å². The van der Waals surface area contributed by atoms with E-state index in [9.17, 15) is 4.79 Å². The van der Waals surface area contributed by atoms with Crippen LogP contribution in [0.4, 0.5) is 11.5 Å². The van der Waals surface area contributed by atoms with Gasteiger partial charge in [0, 0.05) is 18.1 Å². The molecule has 4 rings (SSSR count). The molecule has 3 aromatic heterocycles. The van der Waals surface area contributed by atoms with Crippen LogP contribution in [0, 0.1) is 0 Å². The maximum atomic E-state index is 12.7. The quantitative estimate of drug-likeness (QED) is 0.701. The molecule has 1 amide bonds. The van der Waals surface area contributed by atoms with Crippen LogP contribution in [0.2, 0.25) is 0 Å². The molecule has 27 heavy (non-hydrogen) atoms. The number of anilines is 2. The minimum absolute atomic E-state index is 0.0194. The second-order valence-electron chi connectivity index (χ2n) is 6.66. The minimum atomic E-state index is -0.636. The molecule has 3 aromatic rings. The molecule has 1 aliphatic rings. The van der Waals surface area contributed by atoms with Gasteiger partial charge in [-0.15, -0.1) is 11.3 Å². The van der Waals surface area contributed by atoms with Crippen molar-refractivity contribution in [3.63, 3.8) is 0 Å². The molecule has 1 atom stereocenters. The Kier molecular flexibility index (Phi) is 4.39. The number of fused-ring (bicyclic) bond motifs is 1. The Labute approximate surface area is 161 Å². The summed E-state index contributed by atoms with van der Waals surface area (Å²) in [7, 11) is 0. The molecule has 8 nitrogen and oxygen atoms in total. The van der Waals surface area contributed by atoms with Gasteiger partial charge in [0.2, 0.25) is 5.91 Å². The van der Waals surface area contributed by atoms with Crippen LogP contribution in [0.5, 0.6) is 0 Å². The fourth-order valence-corrected chi connectivity index (χ4v) is 3.95. The summed E-state index contributed by atoms with van der Waals surface area (Å²) < 4.78 is 0. The van der Waals surface area contributed by atoms with E-state index in [1.807, 2.05) is 19.2 Å². The molecule has 0 saturated carbocycles. The van der Waals surface area contributed by atoms with Gasteiger partial charge in [-0.3, -0.25) is 9.89 Å². The third-order valence-corrected chi connectivity index (χ3v) is 5.81. The van der Waals surface area contributed by atoms with E-state index in [0.717, 1.165) is 35.0 Å². The Morgan fingerprint density at radius 2 is 2.11 bits per heavy atom. The lowest BCUT2D eigenvalue weighted by Gasteiger charge is -2.44. The molecule has 2 N–H and O–H groups in total. The molecular formula is C18H21N7OS. The molecule has 9 heteroatoms. The van der Waals surface area contributed by atoms with Gasteiger partial charge in [-0.2, -0.15) is 5.10 Å². The van der Waals surface area contributed by atoms with Crippen LogP contribution in [0.25, 0.3) is 22.1 Å². The first kappa shape index (κ1) is 17.6. The zero-order valence-electron chi connectivity index (χ0n) is 15.5. The molecule has 0 aliphatic carbocycles. The summed E-state index contributed by atoms with van der Waals surface area (Å²) in [6, 6.07) is 0. The number of nitrogens with zero attached hydrogens (tertiary/aromatic N) is 5. The van der Waals surface area contributed by atoms with Crippen molar-refractivity contribution in [1.82, 2.24) is 25.1 Å². The number of hydrogen-bond acceptors (Lipinski definition) is 7. The zero-order valence-corrected chi connectivity index (χ0v) is 16.3. The number of aromatic amines is 1. The van der Waals surface area contributed by atoms with E-state index in [0.29, 0.717) is 17.9 Å². The van der Waals surface area contributed by atoms with Crippen LogP contribution in [0.15, 0.2) is 24.0 Å². The average Bonchev–Trinajstić information content (AvgIpc) is 3.36. The summed E-state index contributed by atoms with van der Waals surface area (Å²) in [4.78, 5) is 28.4. The molecule has 0 unspecified atom stereocenters. The fraction of sp³-hybridized carbons (Fsp3) is 0.389. The average molecular weight is 383 g/mol. The Hall–Kier alpha value is -2.81. The van der Waals surface area contributed by atoms with Crippen LogP contribution in [0.1, 0.15) is 33.6 Å². The van der Waals surface area contributed by atoms with Crippen molar-refractivity contribution in [3.8, 4) is 22.1 Å². The van der Waals surface area contributed by atoms with Crippen LogP contribution in [-0.2, 0) is 4.79 Å². The number of amides is 1. The van der Waals surface area contributed by atoms with Gasteiger partial charge in [0.05, 0.1) is 18.0 Å². The van der Waals surface area contributed by atoms with E-state index >= 15 is 0 Å². The number of nitrogens with one attached hydrogen (secondary N) is 2. The number of hydrogen-bond donors (Lipinski definition) is 2. The van der Waals surface area contributed by atoms with Crippen molar-refractivity contribution in [3.05, 3.63) is 24.0 Å². The second kappa shape index (κ2) is 6.73. The summed E-state index contributed by atoms with van der Waals surface area (Å²) >= 11 is 1.53. The molecule has 0 fully saturated rings. The van der Waals surface area contributed by atoms with Gasteiger partial charge in [0.15, 0.2) is 11.6 Å². The molecule has 140 valence electrons. The lowest BCUT2D eigenvalue weighted by atomic mass is 9.92. The minimum Gasteiger partial charge on any atom is -0.340 e. The summed E-state index contributed by atoms with van der Waals surface area (Å²) in [5, 5.41) is 12.9. The molecule has 0 bridgehead atoms. The number of thiazole rings is 1. The van der Waals surface area contributed by atoms with E-state index < -0.39 is 5.54 Å². The standard InChI is InChI=1S/C18H21N7OS/c1-4-7-25-15-12(22-17(26)18(25,3)5-2)10-20-14(23-15)11-9-21-24-13(11)16-19-6-8-27-16/h6,8-10H,4-5,7H2,1-3H3,(H,21,24)(H,22,26)/t18-/m1/s1. The summed E-state index contributed by atoms with van der Waals surface area (Å²) in [6.45, 7) is 6.82. The summed E-state index contributed by atoms with van der Waals surface area (Å²) in [5.41, 5.74) is 1.59. The first-order valence-electron chi connectivity index (χ1n) is 8.98. The smallest absolute Gasteiger partial charge is 0.250 e. The highest BCUT2D eigenvalue weighted by Gasteiger charge is 2.43. The molecule has 4 heterocycles. The first-order valence-corrected chi connectivity index (χ1v) is 9.86.